The third-order valence-corrected chi connectivity index (χ3v) is 3.51. The summed E-state index contributed by atoms with van der Waals surface area (Å²) < 4.78 is 4.18. The highest BCUT2D eigenvalue weighted by atomic mass is 15.3. The van der Waals surface area contributed by atoms with E-state index in [1.807, 2.05) is 18.7 Å². The largest absolute Gasteiger partial charge is 0.341 e. The maximum Gasteiger partial charge on any atom is 0.0645 e. The van der Waals surface area contributed by atoms with Crippen LogP contribution in [0, 0.1) is 6.92 Å². The van der Waals surface area contributed by atoms with E-state index in [2.05, 4.69) is 46.2 Å². The van der Waals surface area contributed by atoms with Crippen molar-refractivity contribution in [1.82, 2.24) is 14.3 Å². The molecule has 3 aromatic rings. The number of hydrogen-bond donors (Lipinski definition) is 1. The van der Waals surface area contributed by atoms with E-state index < -0.39 is 0 Å². The van der Waals surface area contributed by atoms with Gasteiger partial charge in [-0.15, -0.1) is 0 Å². The molecule has 0 bridgehead atoms. The molecule has 0 aliphatic rings. The summed E-state index contributed by atoms with van der Waals surface area (Å²) >= 11 is 0. The fraction of sp³-hybridized carbons (Fsp3) is 0.267. The minimum Gasteiger partial charge on any atom is -0.341 e. The van der Waals surface area contributed by atoms with Crippen LogP contribution in [0.25, 0.3) is 10.9 Å². The monoisotopic (exact) mass is 254 g/mol. The number of fused-ring (bicyclic) bond motifs is 1. The van der Waals surface area contributed by atoms with Crippen molar-refractivity contribution in [3.05, 3.63) is 53.5 Å². The summed E-state index contributed by atoms with van der Waals surface area (Å²) in [6.07, 6.45) is 2.12. The quantitative estimate of drug-likeness (QED) is 0.779. The van der Waals surface area contributed by atoms with E-state index in [0.29, 0.717) is 6.54 Å². The molecule has 2 aromatic heterocycles. The van der Waals surface area contributed by atoms with Gasteiger partial charge >= 0.3 is 0 Å². The van der Waals surface area contributed by atoms with Crippen molar-refractivity contribution in [2.24, 2.45) is 12.8 Å². The molecule has 98 valence electrons. The molecular weight excluding hydrogens is 236 g/mol. The summed E-state index contributed by atoms with van der Waals surface area (Å²) in [5.74, 6) is 0. The van der Waals surface area contributed by atoms with Gasteiger partial charge in [0, 0.05) is 25.3 Å². The van der Waals surface area contributed by atoms with Gasteiger partial charge in [-0.05, 0) is 36.1 Å². The average molecular weight is 254 g/mol. The first kappa shape index (κ1) is 12.0. The lowest BCUT2D eigenvalue weighted by atomic mass is 10.1. The molecule has 3 rings (SSSR count). The van der Waals surface area contributed by atoms with Crippen LogP contribution in [0.3, 0.4) is 0 Å². The van der Waals surface area contributed by atoms with Gasteiger partial charge in [-0.25, -0.2) is 0 Å². The first-order valence-corrected chi connectivity index (χ1v) is 6.45. The average Bonchev–Trinajstić information content (AvgIpc) is 2.93. The lowest BCUT2D eigenvalue weighted by molar-refractivity contribution is 0.673. The second-order valence-corrected chi connectivity index (χ2v) is 4.94. The van der Waals surface area contributed by atoms with Crippen LogP contribution in [0.4, 0.5) is 0 Å². The molecule has 4 nitrogen and oxygen atoms in total. The van der Waals surface area contributed by atoms with Gasteiger partial charge in [-0.1, -0.05) is 12.1 Å². The molecule has 0 spiro atoms. The maximum absolute atomic E-state index is 5.72. The van der Waals surface area contributed by atoms with Crippen LogP contribution in [0.1, 0.15) is 17.0 Å². The van der Waals surface area contributed by atoms with Crippen LogP contribution in [0.15, 0.2) is 36.5 Å². The number of rotatable bonds is 3. The molecule has 0 saturated carbocycles. The predicted molar refractivity (Wildman–Crippen MR) is 76.9 cm³/mol. The highest BCUT2D eigenvalue weighted by molar-refractivity contribution is 5.80. The molecule has 0 saturated heterocycles. The second-order valence-electron chi connectivity index (χ2n) is 4.94. The molecule has 2 N–H and O–H groups in total. The molecule has 4 heteroatoms. The molecular formula is C15H18N4. The Morgan fingerprint density at radius 3 is 2.74 bits per heavy atom. The summed E-state index contributed by atoms with van der Waals surface area (Å²) in [7, 11) is 1.99. The zero-order valence-corrected chi connectivity index (χ0v) is 11.3. The number of nitrogens with two attached hydrogens (primary N) is 1. The third kappa shape index (κ3) is 2.15. The number of aryl methyl sites for hydroxylation is 2. The number of aromatic nitrogens is 3. The minimum atomic E-state index is 0.575. The molecule has 0 amide bonds. The Morgan fingerprint density at radius 2 is 2.05 bits per heavy atom. The molecule has 0 atom stereocenters. The van der Waals surface area contributed by atoms with Crippen molar-refractivity contribution in [3.8, 4) is 0 Å². The van der Waals surface area contributed by atoms with Crippen molar-refractivity contribution < 1.29 is 0 Å². The van der Waals surface area contributed by atoms with E-state index in [0.717, 1.165) is 17.8 Å². The van der Waals surface area contributed by atoms with Gasteiger partial charge in [0.2, 0.25) is 0 Å². The van der Waals surface area contributed by atoms with Crippen LogP contribution < -0.4 is 5.73 Å². The van der Waals surface area contributed by atoms with Crippen molar-refractivity contribution in [2.75, 3.05) is 0 Å². The minimum absolute atomic E-state index is 0.575. The first-order chi connectivity index (χ1) is 9.17. The van der Waals surface area contributed by atoms with E-state index in [9.17, 15) is 0 Å². The Balaban J connectivity index is 2.03. The lowest BCUT2D eigenvalue weighted by Gasteiger charge is -2.07. The first-order valence-electron chi connectivity index (χ1n) is 6.45. The van der Waals surface area contributed by atoms with Gasteiger partial charge in [-0.3, -0.25) is 4.68 Å². The SMILES string of the molecule is Cc1cc(Cn2ccc3ccc(CN)cc32)n(C)n1. The van der Waals surface area contributed by atoms with Gasteiger partial charge in [0.05, 0.1) is 17.9 Å². The Morgan fingerprint density at radius 1 is 1.21 bits per heavy atom. The second kappa shape index (κ2) is 4.55. The smallest absolute Gasteiger partial charge is 0.0645 e. The Labute approximate surface area is 112 Å². The normalized spacial score (nSPS) is 11.3. The van der Waals surface area contributed by atoms with Gasteiger partial charge in [0.25, 0.3) is 0 Å². The number of hydrogen-bond acceptors (Lipinski definition) is 2. The molecule has 0 aliphatic carbocycles. The molecule has 1 aromatic carbocycles. The summed E-state index contributed by atoms with van der Waals surface area (Å²) in [6, 6.07) is 10.6. The van der Waals surface area contributed by atoms with Crippen LogP contribution in [-0.4, -0.2) is 14.3 Å². The zero-order chi connectivity index (χ0) is 13.4. The Hall–Kier alpha value is -2.07. The van der Waals surface area contributed by atoms with E-state index in [4.69, 9.17) is 5.73 Å². The predicted octanol–water partition coefficient (Wildman–Crippen LogP) is 2.19. The molecule has 0 unspecified atom stereocenters. The van der Waals surface area contributed by atoms with E-state index in [1.165, 1.54) is 16.6 Å². The van der Waals surface area contributed by atoms with Gasteiger partial charge in [-0.2, -0.15) is 5.10 Å². The highest BCUT2D eigenvalue weighted by Crippen LogP contribution is 2.19. The Bertz CT molecular complexity index is 721. The van der Waals surface area contributed by atoms with E-state index >= 15 is 0 Å². The van der Waals surface area contributed by atoms with Crippen molar-refractivity contribution in [1.29, 1.82) is 0 Å². The molecule has 19 heavy (non-hydrogen) atoms. The maximum atomic E-state index is 5.72. The summed E-state index contributed by atoms with van der Waals surface area (Å²) in [5.41, 5.74) is 10.4. The van der Waals surface area contributed by atoms with Crippen molar-refractivity contribution >= 4 is 10.9 Å². The van der Waals surface area contributed by atoms with Crippen molar-refractivity contribution in [3.63, 3.8) is 0 Å². The molecule has 0 radical (unpaired) electrons. The van der Waals surface area contributed by atoms with Crippen LogP contribution >= 0.6 is 0 Å². The molecule has 2 heterocycles. The van der Waals surface area contributed by atoms with Gasteiger partial charge in [0.15, 0.2) is 0 Å². The van der Waals surface area contributed by atoms with Gasteiger partial charge in [0.1, 0.15) is 0 Å². The van der Waals surface area contributed by atoms with Crippen molar-refractivity contribution in [2.45, 2.75) is 20.0 Å². The van der Waals surface area contributed by atoms with Crippen LogP contribution in [-0.2, 0) is 20.1 Å². The number of nitrogens with zero attached hydrogens (tertiary/aromatic N) is 3. The molecule has 0 fully saturated rings. The third-order valence-electron chi connectivity index (χ3n) is 3.51. The van der Waals surface area contributed by atoms with Gasteiger partial charge < -0.3 is 10.3 Å². The lowest BCUT2D eigenvalue weighted by Crippen LogP contribution is -2.05. The standard InChI is InChI=1S/C15H18N4/c1-11-7-14(18(2)17-11)10-19-6-5-13-4-3-12(9-16)8-15(13)19/h3-8H,9-10,16H2,1-2H3. The van der Waals surface area contributed by atoms with Crippen LogP contribution in [0.2, 0.25) is 0 Å². The fourth-order valence-electron chi connectivity index (χ4n) is 2.48. The summed E-state index contributed by atoms with van der Waals surface area (Å²) in [5, 5.41) is 5.64. The zero-order valence-electron chi connectivity index (χ0n) is 11.3. The summed E-state index contributed by atoms with van der Waals surface area (Å²) in [4.78, 5) is 0. The topological polar surface area (TPSA) is 48.8 Å². The number of benzene rings is 1. The van der Waals surface area contributed by atoms with E-state index in [1.54, 1.807) is 0 Å². The molecule has 0 aliphatic heterocycles. The highest BCUT2D eigenvalue weighted by Gasteiger charge is 2.06. The van der Waals surface area contributed by atoms with Crippen LogP contribution in [0.5, 0.6) is 0 Å². The Kier molecular flexibility index (Phi) is 2.87. The fourth-order valence-corrected chi connectivity index (χ4v) is 2.48. The van der Waals surface area contributed by atoms with E-state index in [-0.39, 0.29) is 0 Å². The summed E-state index contributed by atoms with van der Waals surface area (Å²) in [6.45, 7) is 3.42.